The number of halogens is 2. The van der Waals surface area contributed by atoms with Gasteiger partial charge in [0.25, 0.3) is 0 Å². The minimum atomic E-state index is 0.644. The lowest BCUT2D eigenvalue weighted by atomic mass is 10.2. The maximum Gasteiger partial charge on any atom is 0.161 e. The van der Waals surface area contributed by atoms with Crippen molar-refractivity contribution in [2.24, 2.45) is 0 Å². The predicted molar refractivity (Wildman–Crippen MR) is 86.5 cm³/mol. The zero-order chi connectivity index (χ0) is 14.5. The molecule has 6 heteroatoms. The van der Waals surface area contributed by atoms with Crippen LogP contribution >= 0.6 is 31.9 Å². The van der Waals surface area contributed by atoms with E-state index in [0.717, 1.165) is 20.3 Å². The van der Waals surface area contributed by atoms with Crippen molar-refractivity contribution >= 4 is 37.5 Å². The van der Waals surface area contributed by atoms with E-state index in [1.54, 1.807) is 20.4 Å². The van der Waals surface area contributed by atoms with Crippen LogP contribution in [0, 0.1) is 0 Å². The van der Waals surface area contributed by atoms with Crippen LogP contribution in [0.25, 0.3) is 0 Å². The molecule has 4 nitrogen and oxygen atoms in total. The van der Waals surface area contributed by atoms with Gasteiger partial charge in [-0.25, -0.2) is 4.98 Å². The van der Waals surface area contributed by atoms with Gasteiger partial charge in [0.2, 0.25) is 0 Å². The second-order valence-electron chi connectivity index (χ2n) is 3.99. The molecule has 0 saturated carbocycles. The van der Waals surface area contributed by atoms with Gasteiger partial charge >= 0.3 is 0 Å². The lowest BCUT2D eigenvalue weighted by Crippen LogP contribution is -2.02. The van der Waals surface area contributed by atoms with Gasteiger partial charge in [0.15, 0.2) is 11.5 Å². The molecule has 1 heterocycles. The van der Waals surface area contributed by atoms with Crippen LogP contribution < -0.4 is 14.8 Å². The average Bonchev–Trinajstić information content (AvgIpc) is 2.47. The van der Waals surface area contributed by atoms with Crippen LogP contribution in [0.4, 0.5) is 5.69 Å². The third-order valence-corrected chi connectivity index (χ3v) is 4.15. The Balaban J connectivity index is 2.19. The normalized spacial score (nSPS) is 10.2. The van der Waals surface area contributed by atoms with Crippen LogP contribution in [0.15, 0.2) is 39.5 Å². The largest absolute Gasteiger partial charge is 0.493 e. The first-order chi connectivity index (χ1) is 9.65. The summed E-state index contributed by atoms with van der Waals surface area (Å²) >= 11 is 6.95. The number of hydrogen-bond donors (Lipinski definition) is 1. The predicted octanol–water partition coefficient (Wildman–Crippen LogP) is 4.24. The number of rotatable bonds is 5. The molecule has 20 heavy (non-hydrogen) atoms. The Morgan fingerprint density at radius 3 is 2.50 bits per heavy atom. The summed E-state index contributed by atoms with van der Waals surface area (Å²) < 4.78 is 12.3. The van der Waals surface area contributed by atoms with Crippen LogP contribution in [-0.2, 0) is 6.54 Å². The second-order valence-corrected chi connectivity index (χ2v) is 5.60. The van der Waals surface area contributed by atoms with Crippen molar-refractivity contribution in [1.82, 2.24) is 4.98 Å². The van der Waals surface area contributed by atoms with Crippen molar-refractivity contribution in [3.05, 3.63) is 45.1 Å². The molecule has 0 radical (unpaired) electrons. The van der Waals surface area contributed by atoms with Crippen molar-refractivity contribution in [3.63, 3.8) is 0 Å². The summed E-state index contributed by atoms with van der Waals surface area (Å²) in [5.74, 6) is 1.41. The van der Waals surface area contributed by atoms with Crippen LogP contribution in [0.2, 0.25) is 0 Å². The van der Waals surface area contributed by atoms with E-state index in [4.69, 9.17) is 9.47 Å². The van der Waals surface area contributed by atoms with Crippen LogP contribution in [-0.4, -0.2) is 19.2 Å². The number of pyridine rings is 1. The highest BCUT2D eigenvalue weighted by atomic mass is 79.9. The quantitative estimate of drug-likeness (QED) is 0.761. The Morgan fingerprint density at radius 2 is 1.85 bits per heavy atom. The highest BCUT2D eigenvalue weighted by molar-refractivity contribution is 9.10. The van der Waals surface area contributed by atoms with Crippen molar-refractivity contribution in [3.8, 4) is 11.5 Å². The van der Waals surface area contributed by atoms with E-state index < -0.39 is 0 Å². The van der Waals surface area contributed by atoms with Gasteiger partial charge < -0.3 is 14.8 Å². The van der Waals surface area contributed by atoms with Gasteiger partial charge in [0.05, 0.1) is 19.9 Å². The molecule has 0 amide bonds. The van der Waals surface area contributed by atoms with Crippen molar-refractivity contribution in [2.45, 2.75) is 6.54 Å². The van der Waals surface area contributed by atoms with Crippen molar-refractivity contribution in [2.75, 3.05) is 19.5 Å². The molecule has 106 valence electrons. The van der Waals surface area contributed by atoms with Gasteiger partial charge in [0, 0.05) is 17.2 Å². The molecule has 1 N–H and O–H groups in total. The summed E-state index contributed by atoms with van der Waals surface area (Å²) in [6.45, 7) is 0.644. The number of ether oxygens (including phenoxy) is 2. The molecule has 0 aliphatic rings. The number of methoxy groups -OCH3 is 2. The highest BCUT2D eigenvalue weighted by Gasteiger charge is 2.10. The fraction of sp³-hybridized carbons (Fsp3) is 0.214. The minimum Gasteiger partial charge on any atom is -0.493 e. The molecule has 0 spiro atoms. The smallest absolute Gasteiger partial charge is 0.161 e. The molecule has 0 fully saturated rings. The van der Waals surface area contributed by atoms with Crippen LogP contribution in [0.1, 0.15) is 5.56 Å². The zero-order valence-corrected chi connectivity index (χ0v) is 14.3. The van der Waals surface area contributed by atoms with Crippen LogP contribution in [0.5, 0.6) is 11.5 Å². The van der Waals surface area contributed by atoms with Crippen LogP contribution in [0.3, 0.4) is 0 Å². The Morgan fingerprint density at radius 1 is 1.15 bits per heavy atom. The first-order valence-corrected chi connectivity index (χ1v) is 7.49. The number of nitrogens with one attached hydrogen (secondary N) is 1. The monoisotopic (exact) mass is 400 g/mol. The van der Waals surface area contributed by atoms with E-state index in [9.17, 15) is 0 Å². The van der Waals surface area contributed by atoms with Crippen molar-refractivity contribution < 1.29 is 9.47 Å². The van der Waals surface area contributed by atoms with Gasteiger partial charge in [0.1, 0.15) is 4.60 Å². The molecule has 1 aromatic heterocycles. The van der Waals surface area contributed by atoms with Gasteiger partial charge in [-0.05, 0) is 45.8 Å². The van der Waals surface area contributed by atoms with Gasteiger partial charge in [-0.15, -0.1) is 0 Å². The Hall–Kier alpha value is -1.27. The standard InChI is InChI=1S/C14H14Br2N2O2/c1-19-12-6-9(10(15)7-13(12)20-2)8-18-11-4-3-5-17-14(11)16/h3-7,18H,8H2,1-2H3. The molecule has 2 aromatic rings. The second kappa shape index (κ2) is 6.95. The molecule has 2 rings (SSSR count). The lowest BCUT2D eigenvalue weighted by molar-refractivity contribution is 0.354. The number of aromatic nitrogens is 1. The summed E-state index contributed by atoms with van der Waals surface area (Å²) in [6.07, 6.45) is 1.74. The molecule has 0 saturated heterocycles. The van der Waals surface area contributed by atoms with Gasteiger partial charge in [-0.3, -0.25) is 0 Å². The summed E-state index contributed by atoms with van der Waals surface area (Å²) in [5, 5.41) is 3.32. The Kier molecular flexibility index (Phi) is 5.25. The molecule has 0 aliphatic carbocycles. The summed E-state index contributed by atoms with van der Waals surface area (Å²) in [4.78, 5) is 4.17. The van der Waals surface area contributed by atoms with E-state index in [0.29, 0.717) is 18.0 Å². The molecule has 0 atom stereocenters. The molecule has 1 aromatic carbocycles. The summed E-state index contributed by atoms with van der Waals surface area (Å²) in [6, 6.07) is 7.69. The number of benzene rings is 1. The highest BCUT2D eigenvalue weighted by Crippen LogP contribution is 2.33. The van der Waals surface area contributed by atoms with E-state index in [-0.39, 0.29) is 0 Å². The molecular formula is C14H14Br2N2O2. The third-order valence-electron chi connectivity index (χ3n) is 2.78. The maximum absolute atomic E-state index is 5.31. The molecule has 0 aliphatic heterocycles. The van der Waals surface area contributed by atoms with E-state index in [1.165, 1.54) is 0 Å². The molecule has 0 unspecified atom stereocenters. The lowest BCUT2D eigenvalue weighted by Gasteiger charge is -2.13. The third kappa shape index (κ3) is 3.43. The first kappa shape index (κ1) is 15.1. The fourth-order valence-electron chi connectivity index (χ4n) is 1.74. The van der Waals surface area contributed by atoms with Gasteiger partial charge in [-0.1, -0.05) is 15.9 Å². The first-order valence-electron chi connectivity index (χ1n) is 5.90. The SMILES string of the molecule is COc1cc(Br)c(CNc2cccnc2Br)cc1OC. The summed E-state index contributed by atoms with van der Waals surface area (Å²) in [5.41, 5.74) is 2.01. The number of nitrogens with zero attached hydrogens (tertiary/aromatic N) is 1. The molecule has 0 bridgehead atoms. The maximum atomic E-state index is 5.31. The number of hydrogen-bond acceptors (Lipinski definition) is 4. The summed E-state index contributed by atoms with van der Waals surface area (Å²) in [7, 11) is 3.25. The Labute approximate surface area is 134 Å². The van der Waals surface area contributed by atoms with Crippen molar-refractivity contribution in [1.29, 1.82) is 0 Å². The van der Waals surface area contributed by atoms with E-state index >= 15 is 0 Å². The zero-order valence-electron chi connectivity index (χ0n) is 11.1. The minimum absolute atomic E-state index is 0.644. The fourth-order valence-corrected chi connectivity index (χ4v) is 2.59. The topological polar surface area (TPSA) is 43.4 Å². The Bertz CT molecular complexity index is 606. The van der Waals surface area contributed by atoms with E-state index in [2.05, 4.69) is 42.2 Å². The molecular weight excluding hydrogens is 388 g/mol. The average molecular weight is 402 g/mol. The number of anilines is 1. The van der Waals surface area contributed by atoms with Gasteiger partial charge in [-0.2, -0.15) is 0 Å². The van der Waals surface area contributed by atoms with E-state index in [1.807, 2.05) is 24.3 Å².